The quantitative estimate of drug-likeness (QED) is 0.928. The number of nitrogens with zero attached hydrogens (tertiary/aromatic N) is 3. The second kappa shape index (κ2) is 7.64. The summed E-state index contributed by atoms with van der Waals surface area (Å²) in [4.78, 5) is 20.9. The van der Waals surface area contributed by atoms with Gasteiger partial charge in [-0.15, -0.1) is 0 Å². The summed E-state index contributed by atoms with van der Waals surface area (Å²) in [5.74, 6) is 0. The predicted octanol–water partition coefficient (Wildman–Crippen LogP) is 3.39. The number of benzene rings is 1. The van der Waals surface area contributed by atoms with E-state index in [2.05, 4.69) is 15.2 Å². The molecule has 0 spiro atoms. The Hall–Kier alpha value is -2.11. The van der Waals surface area contributed by atoms with E-state index in [9.17, 15) is 4.79 Å². The fraction of sp³-hybridized carbons (Fsp3) is 0.333. The summed E-state index contributed by atoms with van der Waals surface area (Å²) in [7, 11) is 0. The third kappa shape index (κ3) is 4.24. The Bertz CT molecular complexity index is 699. The van der Waals surface area contributed by atoms with E-state index in [0.717, 1.165) is 36.6 Å². The molecule has 2 heterocycles. The van der Waals surface area contributed by atoms with E-state index in [4.69, 9.17) is 11.6 Å². The topological polar surface area (TPSA) is 48.5 Å². The van der Waals surface area contributed by atoms with Crippen molar-refractivity contribution in [2.24, 2.45) is 0 Å². The van der Waals surface area contributed by atoms with Gasteiger partial charge < -0.3 is 10.2 Å². The molecule has 1 fully saturated rings. The molecule has 0 aliphatic carbocycles. The number of hydrogen-bond acceptors (Lipinski definition) is 3. The van der Waals surface area contributed by atoms with Crippen molar-refractivity contribution in [1.82, 2.24) is 14.8 Å². The molecular weight excluding hydrogens is 324 g/mol. The van der Waals surface area contributed by atoms with Crippen LogP contribution in [0.3, 0.4) is 0 Å². The van der Waals surface area contributed by atoms with Crippen molar-refractivity contribution in [3.05, 3.63) is 58.9 Å². The molecule has 1 aromatic heterocycles. The van der Waals surface area contributed by atoms with Crippen molar-refractivity contribution >= 4 is 23.3 Å². The highest BCUT2D eigenvalue weighted by atomic mass is 35.5. The zero-order valence-electron chi connectivity index (χ0n) is 13.7. The average Bonchev–Trinajstić information content (AvgIpc) is 2.59. The van der Waals surface area contributed by atoms with E-state index < -0.39 is 0 Å². The number of rotatable bonds is 3. The minimum absolute atomic E-state index is 0.0575. The number of halogens is 1. The molecule has 3 rings (SSSR count). The largest absolute Gasteiger partial charge is 0.322 e. The number of carbonyl (C=O) groups is 1. The molecule has 0 bridgehead atoms. The minimum Gasteiger partial charge on any atom is -0.322 e. The number of aromatic nitrogens is 1. The molecule has 0 unspecified atom stereocenters. The van der Waals surface area contributed by atoms with Crippen LogP contribution in [0.25, 0.3) is 0 Å². The third-order valence-corrected chi connectivity index (χ3v) is 4.44. The Kier molecular flexibility index (Phi) is 5.33. The van der Waals surface area contributed by atoms with Gasteiger partial charge >= 0.3 is 6.03 Å². The first-order valence-electron chi connectivity index (χ1n) is 8.06. The number of urea groups is 1. The predicted molar refractivity (Wildman–Crippen MR) is 96.3 cm³/mol. The van der Waals surface area contributed by atoms with Crippen LogP contribution < -0.4 is 5.32 Å². The molecule has 1 aliphatic rings. The number of amides is 2. The van der Waals surface area contributed by atoms with E-state index in [1.807, 2.05) is 48.4 Å². The monoisotopic (exact) mass is 344 g/mol. The van der Waals surface area contributed by atoms with Gasteiger partial charge in [-0.3, -0.25) is 9.88 Å². The first kappa shape index (κ1) is 16.7. The lowest BCUT2D eigenvalue weighted by molar-refractivity contribution is 0.142. The molecular formula is C18H21ClN4O. The zero-order chi connectivity index (χ0) is 16.9. The second-order valence-electron chi connectivity index (χ2n) is 5.97. The molecule has 2 amide bonds. The van der Waals surface area contributed by atoms with Crippen LogP contribution in [-0.2, 0) is 6.54 Å². The standard InChI is InChI=1S/C18H21ClN4O/c1-14-12-15(19)5-6-17(14)21-18(24)23-10-8-22(9-11-23)13-16-4-2-3-7-20-16/h2-7,12H,8-11,13H2,1H3,(H,21,24). The molecule has 24 heavy (non-hydrogen) atoms. The van der Waals surface area contributed by atoms with Crippen LogP contribution in [0.5, 0.6) is 0 Å². The third-order valence-electron chi connectivity index (χ3n) is 4.20. The fourth-order valence-electron chi connectivity index (χ4n) is 2.79. The van der Waals surface area contributed by atoms with Crippen LogP contribution in [0.1, 0.15) is 11.3 Å². The van der Waals surface area contributed by atoms with Crippen molar-refractivity contribution in [2.75, 3.05) is 31.5 Å². The number of aryl methyl sites for hydroxylation is 1. The van der Waals surface area contributed by atoms with Crippen LogP contribution in [0.15, 0.2) is 42.6 Å². The van der Waals surface area contributed by atoms with Crippen LogP contribution in [0.2, 0.25) is 5.02 Å². The Morgan fingerprint density at radius 2 is 2.00 bits per heavy atom. The highest BCUT2D eigenvalue weighted by Gasteiger charge is 2.21. The van der Waals surface area contributed by atoms with Gasteiger partial charge in [-0.2, -0.15) is 0 Å². The van der Waals surface area contributed by atoms with Gasteiger partial charge in [0.05, 0.1) is 5.69 Å². The summed E-state index contributed by atoms with van der Waals surface area (Å²) in [6.45, 7) is 5.89. The minimum atomic E-state index is -0.0575. The zero-order valence-corrected chi connectivity index (χ0v) is 14.5. The maximum Gasteiger partial charge on any atom is 0.321 e. The lowest BCUT2D eigenvalue weighted by Crippen LogP contribution is -2.49. The first-order chi connectivity index (χ1) is 11.6. The maximum atomic E-state index is 12.4. The lowest BCUT2D eigenvalue weighted by Gasteiger charge is -2.34. The molecule has 1 N–H and O–H groups in total. The lowest BCUT2D eigenvalue weighted by atomic mass is 10.2. The van der Waals surface area contributed by atoms with Crippen LogP contribution in [-0.4, -0.2) is 47.0 Å². The molecule has 0 atom stereocenters. The fourth-order valence-corrected chi connectivity index (χ4v) is 3.02. The van der Waals surface area contributed by atoms with Gasteiger partial charge in [0.25, 0.3) is 0 Å². The Morgan fingerprint density at radius 3 is 2.67 bits per heavy atom. The van der Waals surface area contributed by atoms with E-state index in [0.29, 0.717) is 18.1 Å². The van der Waals surface area contributed by atoms with Crippen LogP contribution >= 0.6 is 11.6 Å². The molecule has 5 nitrogen and oxygen atoms in total. The summed E-state index contributed by atoms with van der Waals surface area (Å²) in [6.07, 6.45) is 1.81. The number of carbonyl (C=O) groups excluding carboxylic acids is 1. The molecule has 1 aliphatic heterocycles. The normalized spacial score (nSPS) is 15.3. The summed E-state index contributed by atoms with van der Waals surface area (Å²) in [5, 5.41) is 3.64. The van der Waals surface area contributed by atoms with E-state index in [-0.39, 0.29) is 6.03 Å². The molecule has 0 radical (unpaired) electrons. The summed E-state index contributed by atoms with van der Waals surface area (Å²) >= 11 is 5.95. The van der Waals surface area contributed by atoms with Crippen molar-refractivity contribution in [2.45, 2.75) is 13.5 Å². The van der Waals surface area contributed by atoms with Crippen molar-refractivity contribution in [1.29, 1.82) is 0 Å². The maximum absolute atomic E-state index is 12.4. The Balaban J connectivity index is 1.51. The number of pyridine rings is 1. The first-order valence-corrected chi connectivity index (χ1v) is 8.44. The molecule has 126 valence electrons. The summed E-state index contributed by atoms with van der Waals surface area (Å²) in [5.41, 5.74) is 2.83. The summed E-state index contributed by atoms with van der Waals surface area (Å²) < 4.78 is 0. The van der Waals surface area contributed by atoms with Gasteiger partial charge in [0.1, 0.15) is 0 Å². The number of piperazine rings is 1. The highest BCUT2D eigenvalue weighted by molar-refractivity contribution is 6.30. The van der Waals surface area contributed by atoms with Gasteiger partial charge in [-0.25, -0.2) is 4.79 Å². The Labute approximate surface area is 147 Å². The number of hydrogen-bond donors (Lipinski definition) is 1. The van der Waals surface area contributed by atoms with E-state index in [1.165, 1.54) is 0 Å². The van der Waals surface area contributed by atoms with Crippen molar-refractivity contribution in [3.8, 4) is 0 Å². The molecule has 6 heteroatoms. The van der Waals surface area contributed by atoms with Crippen molar-refractivity contribution < 1.29 is 4.79 Å². The van der Waals surface area contributed by atoms with Crippen molar-refractivity contribution in [3.63, 3.8) is 0 Å². The van der Waals surface area contributed by atoms with Gasteiger partial charge in [0, 0.05) is 49.6 Å². The smallest absolute Gasteiger partial charge is 0.321 e. The van der Waals surface area contributed by atoms with Gasteiger partial charge in [0.2, 0.25) is 0 Å². The SMILES string of the molecule is Cc1cc(Cl)ccc1NC(=O)N1CCN(Cc2ccccn2)CC1. The average molecular weight is 345 g/mol. The van der Waals surface area contributed by atoms with Gasteiger partial charge in [-0.05, 0) is 42.8 Å². The molecule has 0 saturated carbocycles. The number of nitrogens with one attached hydrogen (secondary N) is 1. The number of anilines is 1. The molecule has 1 aromatic carbocycles. The summed E-state index contributed by atoms with van der Waals surface area (Å²) in [6, 6.07) is 11.4. The highest BCUT2D eigenvalue weighted by Crippen LogP contribution is 2.20. The van der Waals surface area contributed by atoms with Gasteiger partial charge in [-0.1, -0.05) is 17.7 Å². The van der Waals surface area contributed by atoms with E-state index >= 15 is 0 Å². The van der Waals surface area contributed by atoms with Crippen LogP contribution in [0.4, 0.5) is 10.5 Å². The molecule has 2 aromatic rings. The van der Waals surface area contributed by atoms with Gasteiger partial charge in [0.15, 0.2) is 0 Å². The second-order valence-corrected chi connectivity index (χ2v) is 6.41. The Morgan fingerprint density at radius 1 is 1.21 bits per heavy atom. The molecule has 1 saturated heterocycles. The van der Waals surface area contributed by atoms with E-state index in [1.54, 1.807) is 6.07 Å². The van der Waals surface area contributed by atoms with Crippen LogP contribution in [0, 0.1) is 6.92 Å².